The largest absolute Gasteiger partial charge is 0.369 e. The number of anilines is 1. The molecule has 0 aliphatic carbocycles. The Morgan fingerprint density at radius 3 is 3.00 bits per heavy atom. The topological polar surface area (TPSA) is 37.4 Å². The van der Waals surface area contributed by atoms with Crippen molar-refractivity contribution in [2.24, 2.45) is 0 Å². The molecule has 2 unspecified atom stereocenters. The molecule has 0 aromatic carbocycles. The lowest BCUT2D eigenvalue weighted by Gasteiger charge is -2.41. The van der Waals surface area contributed by atoms with E-state index in [2.05, 4.69) is 50.2 Å². The lowest BCUT2D eigenvalue weighted by atomic mass is 10.1. The Morgan fingerprint density at radius 2 is 2.37 bits per heavy atom. The maximum Gasteiger partial charge on any atom is 0.185 e. The maximum absolute atomic E-state index is 5.94. The van der Waals surface area contributed by atoms with Crippen LogP contribution in [0, 0.1) is 0 Å². The molecule has 108 valence electrons. The van der Waals surface area contributed by atoms with Crippen molar-refractivity contribution in [2.45, 2.75) is 52.4 Å². The van der Waals surface area contributed by atoms with Crippen LogP contribution in [0.25, 0.3) is 0 Å². The van der Waals surface area contributed by atoms with Gasteiger partial charge in [-0.1, -0.05) is 6.92 Å². The van der Waals surface area contributed by atoms with E-state index in [4.69, 9.17) is 9.72 Å². The zero-order valence-corrected chi connectivity index (χ0v) is 13.4. The Morgan fingerprint density at radius 1 is 1.63 bits per heavy atom. The minimum Gasteiger partial charge on any atom is -0.369 e. The minimum absolute atomic E-state index is 0.100. The van der Waals surface area contributed by atoms with Gasteiger partial charge in [-0.25, -0.2) is 4.98 Å². The molecule has 5 heteroatoms. The van der Waals surface area contributed by atoms with Crippen molar-refractivity contribution >= 4 is 16.5 Å². The number of aromatic nitrogens is 1. The quantitative estimate of drug-likeness (QED) is 0.922. The normalized spacial score (nSPS) is 24.5. The summed E-state index contributed by atoms with van der Waals surface area (Å²) in [6.45, 7) is 13.5. The van der Waals surface area contributed by atoms with E-state index in [-0.39, 0.29) is 11.7 Å². The Bertz CT molecular complexity index is 419. The number of morpholine rings is 1. The van der Waals surface area contributed by atoms with Gasteiger partial charge >= 0.3 is 0 Å². The highest BCUT2D eigenvalue weighted by Gasteiger charge is 2.32. The van der Waals surface area contributed by atoms with E-state index < -0.39 is 0 Å². The van der Waals surface area contributed by atoms with Crippen molar-refractivity contribution in [3.8, 4) is 0 Å². The van der Waals surface area contributed by atoms with Gasteiger partial charge in [-0.05, 0) is 34.2 Å². The van der Waals surface area contributed by atoms with Crippen LogP contribution >= 0.6 is 11.3 Å². The van der Waals surface area contributed by atoms with Gasteiger partial charge in [-0.3, -0.25) is 0 Å². The number of nitrogens with one attached hydrogen (secondary N) is 1. The summed E-state index contributed by atoms with van der Waals surface area (Å²) in [5.74, 6) is 0. The number of nitrogens with zero attached hydrogens (tertiary/aromatic N) is 2. The molecule has 0 spiro atoms. The number of hydrogen-bond donors (Lipinski definition) is 1. The van der Waals surface area contributed by atoms with Crippen LogP contribution < -0.4 is 10.2 Å². The molecule has 0 amide bonds. The summed E-state index contributed by atoms with van der Waals surface area (Å²) >= 11 is 1.73. The number of ether oxygens (including phenoxy) is 1. The molecule has 0 bridgehead atoms. The predicted molar refractivity (Wildman–Crippen MR) is 81.0 cm³/mol. The molecule has 1 aliphatic rings. The van der Waals surface area contributed by atoms with E-state index in [1.807, 2.05) is 0 Å². The third-order valence-corrected chi connectivity index (χ3v) is 4.22. The molecule has 2 rings (SSSR count). The van der Waals surface area contributed by atoms with Crippen molar-refractivity contribution in [3.05, 3.63) is 11.1 Å². The van der Waals surface area contributed by atoms with Crippen LogP contribution in [-0.4, -0.2) is 36.3 Å². The van der Waals surface area contributed by atoms with Crippen LogP contribution in [0.2, 0.25) is 0 Å². The fraction of sp³-hybridized carbons (Fsp3) is 0.786. The number of thiazole rings is 1. The molecule has 4 nitrogen and oxygen atoms in total. The lowest BCUT2D eigenvalue weighted by Crippen LogP contribution is -2.52. The molecule has 1 aromatic rings. The summed E-state index contributed by atoms with van der Waals surface area (Å²) in [6, 6.07) is 0.321. The molecule has 19 heavy (non-hydrogen) atoms. The predicted octanol–water partition coefficient (Wildman–Crippen LogP) is 2.82. The average molecular weight is 283 g/mol. The molecule has 1 aliphatic heterocycles. The summed E-state index contributed by atoms with van der Waals surface area (Å²) in [6.07, 6.45) is 0.252. The molecule has 2 atom stereocenters. The molecule has 0 saturated carbocycles. The first-order valence-electron chi connectivity index (χ1n) is 7.03. The summed E-state index contributed by atoms with van der Waals surface area (Å²) in [5, 5.41) is 6.68. The molecule has 1 fully saturated rings. The Hall–Kier alpha value is -0.650. The molecule has 1 N–H and O–H groups in total. The molecule has 1 aromatic heterocycles. The van der Waals surface area contributed by atoms with Gasteiger partial charge in [0.25, 0.3) is 0 Å². The Labute approximate surface area is 120 Å². The lowest BCUT2D eigenvalue weighted by molar-refractivity contribution is -0.0749. The van der Waals surface area contributed by atoms with Gasteiger partial charge in [-0.15, -0.1) is 11.3 Å². The number of hydrogen-bond acceptors (Lipinski definition) is 5. The molecular formula is C14H25N3OS. The van der Waals surface area contributed by atoms with Crippen LogP contribution in [0.4, 0.5) is 5.13 Å². The van der Waals surface area contributed by atoms with E-state index in [0.29, 0.717) is 6.04 Å². The summed E-state index contributed by atoms with van der Waals surface area (Å²) in [5.41, 5.74) is 1.04. The third kappa shape index (κ3) is 3.68. The van der Waals surface area contributed by atoms with Gasteiger partial charge in [0.1, 0.15) is 0 Å². The third-order valence-electron chi connectivity index (χ3n) is 3.30. The van der Waals surface area contributed by atoms with Crippen molar-refractivity contribution in [2.75, 3.05) is 24.5 Å². The van der Waals surface area contributed by atoms with E-state index in [0.717, 1.165) is 30.5 Å². The van der Waals surface area contributed by atoms with Gasteiger partial charge in [0.05, 0.1) is 17.4 Å². The van der Waals surface area contributed by atoms with Crippen LogP contribution in [0.3, 0.4) is 0 Å². The first-order chi connectivity index (χ1) is 8.91. The van der Waals surface area contributed by atoms with Crippen molar-refractivity contribution in [3.63, 3.8) is 0 Å². The molecule has 0 radical (unpaired) electrons. The average Bonchev–Trinajstić information content (AvgIpc) is 2.75. The highest BCUT2D eigenvalue weighted by atomic mass is 32.1. The van der Waals surface area contributed by atoms with E-state index in [1.165, 1.54) is 0 Å². The van der Waals surface area contributed by atoms with E-state index in [9.17, 15) is 0 Å². The minimum atomic E-state index is -0.100. The summed E-state index contributed by atoms with van der Waals surface area (Å²) in [7, 11) is 0. The molecular weight excluding hydrogens is 258 g/mol. The SMILES string of the molecule is CCNC(C)c1csc(N2CC(C)OC(C)(C)C2)n1. The zero-order chi connectivity index (χ0) is 14.0. The van der Waals surface area contributed by atoms with Gasteiger partial charge in [-0.2, -0.15) is 0 Å². The highest BCUT2D eigenvalue weighted by Crippen LogP contribution is 2.29. The standard InChI is InChI=1S/C14H25N3OS/c1-6-15-11(3)12-8-19-13(16-12)17-7-10(2)18-14(4,5)9-17/h8,10-11,15H,6-7,9H2,1-5H3. The zero-order valence-electron chi connectivity index (χ0n) is 12.6. The highest BCUT2D eigenvalue weighted by molar-refractivity contribution is 7.13. The van der Waals surface area contributed by atoms with Gasteiger partial charge in [0, 0.05) is 24.5 Å². The second kappa shape index (κ2) is 5.77. The van der Waals surface area contributed by atoms with Crippen LogP contribution in [0.15, 0.2) is 5.38 Å². The van der Waals surface area contributed by atoms with Gasteiger partial charge in [0.15, 0.2) is 5.13 Å². The number of rotatable bonds is 4. The van der Waals surface area contributed by atoms with Gasteiger partial charge in [0.2, 0.25) is 0 Å². The molecule has 2 heterocycles. The fourth-order valence-electron chi connectivity index (χ4n) is 2.63. The smallest absolute Gasteiger partial charge is 0.185 e. The monoisotopic (exact) mass is 283 g/mol. The second-order valence-corrected chi connectivity index (χ2v) is 6.74. The van der Waals surface area contributed by atoms with Crippen LogP contribution in [-0.2, 0) is 4.74 Å². The van der Waals surface area contributed by atoms with Crippen molar-refractivity contribution in [1.29, 1.82) is 0 Å². The second-order valence-electron chi connectivity index (χ2n) is 5.90. The Kier molecular flexibility index (Phi) is 4.48. The summed E-state index contributed by atoms with van der Waals surface area (Å²) in [4.78, 5) is 7.13. The van der Waals surface area contributed by atoms with Crippen LogP contribution in [0.1, 0.15) is 46.4 Å². The van der Waals surface area contributed by atoms with Crippen molar-refractivity contribution in [1.82, 2.24) is 10.3 Å². The van der Waals surface area contributed by atoms with Crippen LogP contribution in [0.5, 0.6) is 0 Å². The molecule has 1 saturated heterocycles. The van der Waals surface area contributed by atoms with E-state index >= 15 is 0 Å². The summed E-state index contributed by atoms with van der Waals surface area (Å²) < 4.78 is 5.94. The van der Waals surface area contributed by atoms with E-state index in [1.54, 1.807) is 11.3 Å². The van der Waals surface area contributed by atoms with Gasteiger partial charge < -0.3 is 15.0 Å². The Balaban J connectivity index is 2.09. The fourth-order valence-corrected chi connectivity index (χ4v) is 3.56. The first-order valence-corrected chi connectivity index (χ1v) is 7.91. The first kappa shape index (κ1) is 14.8. The maximum atomic E-state index is 5.94. The van der Waals surface area contributed by atoms with Crippen molar-refractivity contribution < 1.29 is 4.74 Å².